The first kappa shape index (κ1) is 10.5. The zero-order valence-electron chi connectivity index (χ0n) is 9.32. The molecule has 0 saturated carbocycles. The Morgan fingerprint density at radius 1 is 1.17 bits per heavy atom. The molecule has 2 heterocycles. The van der Waals surface area contributed by atoms with Crippen LogP contribution in [0.25, 0.3) is 16.7 Å². The van der Waals surface area contributed by atoms with Crippen LogP contribution in [-0.2, 0) is 0 Å². The molecule has 0 saturated heterocycles. The van der Waals surface area contributed by atoms with Gasteiger partial charge in [0.15, 0.2) is 5.82 Å². The van der Waals surface area contributed by atoms with E-state index in [1.54, 1.807) is 23.1 Å². The lowest BCUT2D eigenvalue weighted by atomic mass is 10.2. The van der Waals surface area contributed by atoms with Crippen molar-refractivity contribution in [2.45, 2.75) is 0 Å². The molecule has 0 fully saturated rings. The minimum absolute atomic E-state index is 0.131. The predicted molar refractivity (Wildman–Crippen MR) is 65.8 cm³/mol. The molecule has 0 unspecified atom stereocenters. The van der Waals surface area contributed by atoms with E-state index >= 15 is 0 Å². The Morgan fingerprint density at radius 3 is 2.83 bits per heavy atom. The number of aromatic carboxylic acids is 1. The summed E-state index contributed by atoms with van der Waals surface area (Å²) in [5.41, 5.74) is 0.963. The van der Waals surface area contributed by atoms with E-state index in [1.165, 1.54) is 6.07 Å². The Bertz CT molecular complexity index is 734. The number of fused-ring (bicyclic) bond motifs is 1. The van der Waals surface area contributed by atoms with Gasteiger partial charge in [0, 0.05) is 11.6 Å². The average molecular weight is 239 g/mol. The summed E-state index contributed by atoms with van der Waals surface area (Å²) in [7, 11) is 0. The smallest absolute Gasteiger partial charge is 0.339 e. The SMILES string of the molecule is O=C(O)c1cccnc1-n1ncc2ccccc21. The quantitative estimate of drug-likeness (QED) is 0.743. The third-order valence-corrected chi connectivity index (χ3v) is 2.69. The van der Waals surface area contributed by atoms with Crippen molar-refractivity contribution in [3.63, 3.8) is 0 Å². The lowest BCUT2D eigenvalue weighted by Crippen LogP contribution is -2.08. The van der Waals surface area contributed by atoms with Crippen LogP contribution >= 0.6 is 0 Å². The van der Waals surface area contributed by atoms with E-state index in [4.69, 9.17) is 5.11 Å². The lowest BCUT2D eigenvalue weighted by Gasteiger charge is -2.05. The van der Waals surface area contributed by atoms with Gasteiger partial charge in [-0.15, -0.1) is 0 Å². The van der Waals surface area contributed by atoms with Gasteiger partial charge in [-0.25, -0.2) is 14.5 Å². The van der Waals surface area contributed by atoms with Crippen LogP contribution in [-0.4, -0.2) is 25.8 Å². The Morgan fingerprint density at radius 2 is 2.00 bits per heavy atom. The molecule has 5 heteroatoms. The van der Waals surface area contributed by atoms with Gasteiger partial charge in [-0.1, -0.05) is 18.2 Å². The van der Waals surface area contributed by atoms with Crippen molar-refractivity contribution in [3.05, 3.63) is 54.4 Å². The van der Waals surface area contributed by atoms with Gasteiger partial charge >= 0.3 is 5.97 Å². The fourth-order valence-corrected chi connectivity index (χ4v) is 1.87. The Hall–Kier alpha value is -2.69. The molecule has 1 N–H and O–H groups in total. The first-order valence-electron chi connectivity index (χ1n) is 5.39. The lowest BCUT2D eigenvalue weighted by molar-refractivity contribution is 0.0696. The number of carboxylic acids is 1. The second-order valence-electron chi connectivity index (χ2n) is 3.79. The van der Waals surface area contributed by atoms with Crippen LogP contribution in [0.4, 0.5) is 0 Å². The maximum absolute atomic E-state index is 11.2. The molecule has 0 spiro atoms. The first-order valence-corrected chi connectivity index (χ1v) is 5.39. The molecule has 0 aliphatic carbocycles. The summed E-state index contributed by atoms with van der Waals surface area (Å²) in [4.78, 5) is 15.3. The zero-order chi connectivity index (χ0) is 12.5. The number of hydrogen-bond donors (Lipinski definition) is 1. The zero-order valence-corrected chi connectivity index (χ0v) is 9.32. The molecular formula is C13H9N3O2. The standard InChI is InChI=1S/C13H9N3O2/c17-13(18)10-5-3-7-14-12(10)16-11-6-2-1-4-9(11)8-15-16/h1-8H,(H,17,18). The highest BCUT2D eigenvalue weighted by molar-refractivity contribution is 5.92. The van der Waals surface area contributed by atoms with Crippen LogP contribution in [0.15, 0.2) is 48.8 Å². The van der Waals surface area contributed by atoms with Crippen LogP contribution in [0.5, 0.6) is 0 Å². The molecule has 3 rings (SSSR count). The van der Waals surface area contributed by atoms with Crippen LogP contribution in [0.3, 0.4) is 0 Å². The van der Waals surface area contributed by atoms with Crippen LogP contribution in [0.2, 0.25) is 0 Å². The summed E-state index contributed by atoms with van der Waals surface area (Å²) in [6.45, 7) is 0. The number of benzene rings is 1. The fraction of sp³-hybridized carbons (Fsp3) is 0. The van der Waals surface area contributed by atoms with Gasteiger partial charge in [0.05, 0.1) is 11.7 Å². The molecule has 18 heavy (non-hydrogen) atoms. The van der Waals surface area contributed by atoms with Gasteiger partial charge in [0.25, 0.3) is 0 Å². The normalized spacial score (nSPS) is 10.7. The predicted octanol–water partition coefficient (Wildman–Crippen LogP) is 2.12. The van der Waals surface area contributed by atoms with Crippen molar-refractivity contribution >= 4 is 16.9 Å². The molecule has 5 nitrogen and oxygen atoms in total. The monoisotopic (exact) mass is 239 g/mol. The molecule has 0 atom stereocenters. The summed E-state index contributed by atoms with van der Waals surface area (Å²) in [6, 6.07) is 10.7. The van der Waals surface area contributed by atoms with Crippen molar-refractivity contribution in [3.8, 4) is 5.82 Å². The van der Waals surface area contributed by atoms with E-state index in [1.807, 2.05) is 24.3 Å². The highest BCUT2D eigenvalue weighted by Crippen LogP contribution is 2.18. The number of nitrogens with zero attached hydrogens (tertiary/aromatic N) is 3. The van der Waals surface area contributed by atoms with E-state index in [0.29, 0.717) is 5.82 Å². The first-order chi connectivity index (χ1) is 8.77. The number of hydrogen-bond acceptors (Lipinski definition) is 3. The Balaban J connectivity index is 2.30. The van der Waals surface area contributed by atoms with Gasteiger partial charge in [-0.3, -0.25) is 0 Å². The molecule has 2 aromatic heterocycles. The average Bonchev–Trinajstić information content (AvgIpc) is 2.82. The van der Waals surface area contributed by atoms with E-state index < -0.39 is 5.97 Å². The summed E-state index contributed by atoms with van der Waals surface area (Å²) in [6.07, 6.45) is 3.24. The third-order valence-electron chi connectivity index (χ3n) is 2.69. The molecule has 0 aliphatic rings. The topological polar surface area (TPSA) is 68.0 Å². The van der Waals surface area contributed by atoms with Gasteiger partial charge < -0.3 is 5.11 Å². The number of aromatic nitrogens is 3. The maximum atomic E-state index is 11.2. The van der Waals surface area contributed by atoms with Crippen molar-refractivity contribution in [1.29, 1.82) is 0 Å². The molecule has 3 aromatic rings. The van der Waals surface area contributed by atoms with E-state index in [9.17, 15) is 4.79 Å². The summed E-state index contributed by atoms with van der Waals surface area (Å²) >= 11 is 0. The highest BCUT2D eigenvalue weighted by atomic mass is 16.4. The second-order valence-corrected chi connectivity index (χ2v) is 3.79. The summed E-state index contributed by atoms with van der Waals surface area (Å²) < 4.78 is 1.54. The summed E-state index contributed by atoms with van der Waals surface area (Å²) in [5.74, 6) is -0.691. The number of pyridine rings is 1. The molecule has 88 valence electrons. The number of para-hydroxylation sites is 1. The van der Waals surface area contributed by atoms with Crippen molar-refractivity contribution in [2.75, 3.05) is 0 Å². The minimum atomic E-state index is -1.02. The molecule has 0 bridgehead atoms. The molecule has 0 aliphatic heterocycles. The molecular weight excluding hydrogens is 230 g/mol. The molecule has 0 amide bonds. The second kappa shape index (κ2) is 3.96. The van der Waals surface area contributed by atoms with Gasteiger partial charge in [0.1, 0.15) is 5.56 Å². The van der Waals surface area contributed by atoms with E-state index in [-0.39, 0.29) is 5.56 Å². The van der Waals surface area contributed by atoms with Crippen LogP contribution in [0.1, 0.15) is 10.4 Å². The van der Waals surface area contributed by atoms with E-state index in [0.717, 1.165) is 10.9 Å². The van der Waals surface area contributed by atoms with Crippen molar-refractivity contribution in [1.82, 2.24) is 14.8 Å². The number of carbonyl (C=O) groups is 1. The Labute approximate surface area is 102 Å². The minimum Gasteiger partial charge on any atom is -0.478 e. The highest BCUT2D eigenvalue weighted by Gasteiger charge is 2.14. The molecule has 0 radical (unpaired) electrons. The maximum Gasteiger partial charge on any atom is 0.339 e. The van der Waals surface area contributed by atoms with Crippen LogP contribution in [0, 0.1) is 0 Å². The van der Waals surface area contributed by atoms with E-state index in [2.05, 4.69) is 10.1 Å². The number of rotatable bonds is 2. The Kier molecular flexibility index (Phi) is 2.30. The fourth-order valence-electron chi connectivity index (χ4n) is 1.87. The van der Waals surface area contributed by atoms with Gasteiger partial charge in [-0.05, 0) is 18.2 Å². The summed E-state index contributed by atoms with van der Waals surface area (Å²) in [5, 5.41) is 14.3. The largest absolute Gasteiger partial charge is 0.478 e. The number of carboxylic acid groups (broad SMARTS) is 1. The van der Waals surface area contributed by atoms with Gasteiger partial charge in [0.2, 0.25) is 0 Å². The van der Waals surface area contributed by atoms with Crippen LogP contribution < -0.4 is 0 Å². The third kappa shape index (κ3) is 1.53. The van der Waals surface area contributed by atoms with Gasteiger partial charge in [-0.2, -0.15) is 5.10 Å². The molecule has 1 aromatic carbocycles. The van der Waals surface area contributed by atoms with Crippen molar-refractivity contribution in [2.24, 2.45) is 0 Å². The van der Waals surface area contributed by atoms with Crippen molar-refractivity contribution < 1.29 is 9.90 Å².